The molecule has 0 aliphatic heterocycles. The van der Waals surface area contributed by atoms with Gasteiger partial charge in [-0.15, -0.1) is 6.58 Å². The first-order valence-corrected chi connectivity index (χ1v) is 8.90. The first-order valence-electron chi connectivity index (χ1n) is 8.90. The Labute approximate surface area is 145 Å². The maximum atomic E-state index is 12.0. The van der Waals surface area contributed by atoms with Crippen molar-refractivity contribution in [1.29, 1.82) is 0 Å². The van der Waals surface area contributed by atoms with Gasteiger partial charge in [0.15, 0.2) is 0 Å². The van der Waals surface area contributed by atoms with Gasteiger partial charge in [-0.1, -0.05) is 18.2 Å². The summed E-state index contributed by atoms with van der Waals surface area (Å²) in [5.41, 5.74) is 3.55. The topological polar surface area (TPSA) is 36.1 Å². The van der Waals surface area contributed by atoms with Crippen LogP contribution >= 0.6 is 0 Å². The molecule has 24 heavy (non-hydrogen) atoms. The van der Waals surface area contributed by atoms with E-state index in [0.29, 0.717) is 24.9 Å². The molecule has 0 fully saturated rings. The molecule has 1 aromatic heterocycles. The van der Waals surface area contributed by atoms with Crippen LogP contribution in [0.25, 0.3) is 10.9 Å². The van der Waals surface area contributed by atoms with E-state index in [9.17, 15) is 4.79 Å². The van der Waals surface area contributed by atoms with Gasteiger partial charge >= 0.3 is 0 Å². The van der Waals surface area contributed by atoms with Crippen molar-refractivity contribution in [2.75, 3.05) is 6.54 Å². The number of allylic oxidation sites excluding steroid dienone is 1. The molecule has 0 aliphatic rings. The maximum Gasteiger partial charge on any atom is 0.141 e. The molecule has 0 atom stereocenters. The second kappa shape index (κ2) is 8.29. The summed E-state index contributed by atoms with van der Waals surface area (Å²) in [5, 5.41) is 1.22. The molecule has 3 nitrogen and oxygen atoms in total. The molecule has 1 aromatic carbocycles. The molecule has 0 saturated carbocycles. The fourth-order valence-electron chi connectivity index (χ4n) is 3.49. The average molecular weight is 326 g/mol. The number of nitrogens with one attached hydrogen (secondary N) is 1. The summed E-state index contributed by atoms with van der Waals surface area (Å²) in [6.45, 7) is 13.7. The van der Waals surface area contributed by atoms with Crippen LogP contribution in [0.5, 0.6) is 0 Å². The summed E-state index contributed by atoms with van der Waals surface area (Å²) in [5.74, 6) is 0.218. The minimum atomic E-state index is 0.218. The minimum Gasteiger partial charge on any atom is -0.361 e. The Bertz CT molecular complexity index is 689. The minimum absolute atomic E-state index is 0.218. The molecule has 2 rings (SSSR count). The van der Waals surface area contributed by atoms with Crippen LogP contribution in [-0.2, 0) is 17.6 Å². The number of H-pyrrole nitrogens is 1. The Morgan fingerprint density at radius 2 is 1.92 bits per heavy atom. The van der Waals surface area contributed by atoms with Crippen molar-refractivity contribution in [2.45, 2.75) is 59.0 Å². The van der Waals surface area contributed by atoms with E-state index < -0.39 is 0 Å². The van der Waals surface area contributed by atoms with Crippen LogP contribution in [0.4, 0.5) is 0 Å². The van der Waals surface area contributed by atoms with Crippen LogP contribution < -0.4 is 0 Å². The van der Waals surface area contributed by atoms with Crippen molar-refractivity contribution in [1.82, 2.24) is 9.88 Å². The predicted molar refractivity (Wildman–Crippen MR) is 103 cm³/mol. The Morgan fingerprint density at radius 1 is 1.21 bits per heavy atom. The highest BCUT2D eigenvalue weighted by Gasteiger charge is 2.16. The van der Waals surface area contributed by atoms with E-state index in [1.165, 1.54) is 10.9 Å². The number of ketones is 1. The molecule has 0 amide bonds. The number of carbonyl (C=O) groups excluding carboxylic acids is 1. The van der Waals surface area contributed by atoms with E-state index in [2.05, 4.69) is 62.5 Å². The van der Waals surface area contributed by atoms with Crippen LogP contribution in [0.2, 0.25) is 0 Å². The summed E-state index contributed by atoms with van der Waals surface area (Å²) in [7, 11) is 0. The highest BCUT2D eigenvalue weighted by atomic mass is 16.1. The van der Waals surface area contributed by atoms with E-state index >= 15 is 0 Å². The van der Waals surface area contributed by atoms with Gasteiger partial charge in [-0.3, -0.25) is 9.69 Å². The predicted octanol–water partition coefficient (Wildman–Crippen LogP) is 4.52. The van der Waals surface area contributed by atoms with Gasteiger partial charge in [0.1, 0.15) is 5.78 Å². The van der Waals surface area contributed by atoms with Gasteiger partial charge in [0, 0.05) is 48.6 Å². The smallest absolute Gasteiger partial charge is 0.141 e. The molecule has 0 saturated heterocycles. The van der Waals surface area contributed by atoms with Crippen molar-refractivity contribution >= 4 is 16.7 Å². The summed E-state index contributed by atoms with van der Waals surface area (Å²) in [4.78, 5) is 17.9. The molecule has 0 bridgehead atoms. The molecule has 130 valence electrons. The normalized spacial score (nSPS) is 11.8. The lowest BCUT2D eigenvalue weighted by atomic mass is 9.99. The summed E-state index contributed by atoms with van der Waals surface area (Å²) in [6, 6.07) is 7.24. The number of aromatic nitrogens is 1. The molecular formula is C21H30N2O. The third kappa shape index (κ3) is 4.35. The fraction of sp³-hybridized carbons (Fsp3) is 0.476. The standard InChI is InChI=1S/C21H30N2O/c1-6-8-19(24)13-17-9-7-10-20-21(17)18(14-22-20)11-12-23(15(2)3)16(4)5/h6-7,9-10,14-16,22H,1,8,11-13H2,2-5H3. The van der Waals surface area contributed by atoms with E-state index in [-0.39, 0.29) is 5.78 Å². The van der Waals surface area contributed by atoms with Crippen LogP contribution in [0, 0.1) is 0 Å². The fourth-order valence-corrected chi connectivity index (χ4v) is 3.49. The lowest BCUT2D eigenvalue weighted by molar-refractivity contribution is -0.117. The van der Waals surface area contributed by atoms with Crippen LogP contribution in [0.3, 0.4) is 0 Å². The van der Waals surface area contributed by atoms with Gasteiger partial charge in [0.05, 0.1) is 0 Å². The summed E-state index contributed by atoms with van der Waals surface area (Å²) >= 11 is 0. The maximum absolute atomic E-state index is 12.0. The molecule has 0 spiro atoms. The molecule has 0 aliphatic carbocycles. The largest absolute Gasteiger partial charge is 0.361 e. The highest BCUT2D eigenvalue weighted by molar-refractivity contribution is 5.92. The Balaban J connectivity index is 2.24. The molecule has 0 unspecified atom stereocenters. The van der Waals surface area contributed by atoms with Gasteiger partial charge in [0.2, 0.25) is 0 Å². The van der Waals surface area contributed by atoms with Crippen molar-refractivity contribution in [3.8, 4) is 0 Å². The molecule has 1 heterocycles. The third-order valence-electron chi connectivity index (χ3n) is 4.60. The van der Waals surface area contributed by atoms with Gasteiger partial charge in [-0.2, -0.15) is 0 Å². The van der Waals surface area contributed by atoms with E-state index in [1.54, 1.807) is 6.08 Å². The number of carbonyl (C=O) groups is 1. The number of hydrogen-bond donors (Lipinski definition) is 1. The lowest BCUT2D eigenvalue weighted by Crippen LogP contribution is -2.38. The molecular weight excluding hydrogens is 296 g/mol. The van der Waals surface area contributed by atoms with Gasteiger partial charge in [-0.05, 0) is 51.3 Å². The SMILES string of the molecule is C=CCC(=O)Cc1cccc2[nH]cc(CCN(C(C)C)C(C)C)c12. The van der Waals surface area contributed by atoms with Crippen molar-refractivity contribution in [3.63, 3.8) is 0 Å². The quantitative estimate of drug-likeness (QED) is 0.688. The van der Waals surface area contributed by atoms with E-state index in [0.717, 1.165) is 24.0 Å². The first-order chi connectivity index (χ1) is 11.4. The summed E-state index contributed by atoms with van der Waals surface area (Å²) in [6.07, 6.45) is 5.69. The van der Waals surface area contributed by atoms with Gasteiger partial charge < -0.3 is 4.98 Å². The van der Waals surface area contributed by atoms with Crippen molar-refractivity contribution in [2.24, 2.45) is 0 Å². The van der Waals surface area contributed by atoms with Crippen LogP contribution in [0.15, 0.2) is 37.1 Å². The van der Waals surface area contributed by atoms with Crippen molar-refractivity contribution in [3.05, 3.63) is 48.2 Å². The average Bonchev–Trinajstić information content (AvgIpc) is 2.91. The van der Waals surface area contributed by atoms with Crippen molar-refractivity contribution < 1.29 is 4.79 Å². The van der Waals surface area contributed by atoms with Gasteiger partial charge in [0.25, 0.3) is 0 Å². The van der Waals surface area contributed by atoms with Crippen LogP contribution in [-0.4, -0.2) is 34.3 Å². The highest BCUT2D eigenvalue weighted by Crippen LogP contribution is 2.24. The second-order valence-corrected chi connectivity index (χ2v) is 7.04. The molecule has 1 N–H and O–H groups in total. The number of fused-ring (bicyclic) bond motifs is 1. The monoisotopic (exact) mass is 326 g/mol. The number of hydrogen-bond acceptors (Lipinski definition) is 2. The number of nitrogens with zero attached hydrogens (tertiary/aromatic N) is 1. The number of rotatable bonds is 9. The zero-order valence-electron chi connectivity index (χ0n) is 15.4. The Kier molecular flexibility index (Phi) is 6.38. The zero-order chi connectivity index (χ0) is 17.7. The molecule has 2 aromatic rings. The second-order valence-electron chi connectivity index (χ2n) is 7.04. The number of Topliss-reactive ketones (excluding diaryl/α,β-unsaturated/α-hetero) is 1. The summed E-state index contributed by atoms with van der Waals surface area (Å²) < 4.78 is 0. The Morgan fingerprint density at radius 3 is 2.54 bits per heavy atom. The lowest BCUT2D eigenvalue weighted by Gasteiger charge is -2.30. The first kappa shape index (κ1) is 18.5. The van der Waals surface area contributed by atoms with Crippen LogP contribution in [0.1, 0.15) is 45.2 Å². The zero-order valence-corrected chi connectivity index (χ0v) is 15.4. The van der Waals surface area contributed by atoms with E-state index in [4.69, 9.17) is 0 Å². The number of aromatic amines is 1. The Hall–Kier alpha value is -1.87. The van der Waals surface area contributed by atoms with Gasteiger partial charge in [-0.25, -0.2) is 0 Å². The number of benzene rings is 1. The van der Waals surface area contributed by atoms with E-state index in [1.807, 2.05) is 6.07 Å². The third-order valence-corrected chi connectivity index (χ3v) is 4.60. The molecule has 0 radical (unpaired) electrons. The molecule has 3 heteroatoms.